The van der Waals surface area contributed by atoms with E-state index >= 15 is 0 Å². The van der Waals surface area contributed by atoms with Gasteiger partial charge >= 0.3 is 5.97 Å². The summed E-state index contributed by atoms with van der Waals surface area (Å²) in [5.74, 6) is 0.400. The molecule has 0 spiro atoms. The van der Waals surface area contributed by atoms with E-state index in [1.54, 1.807) is 6.92 Å². The standard InChI is InChI=1S/C31H50O4/c1-6-9-10-11-12-13-14-24(4)15-16-27(21-25(5)32)22-31(34)35-29-20-18-26(7-2)17-19-28(23-29)30(33)8-3/h7-8,18,20,24,26-29H,2-3,6,9-17,19,21-23H2,1,4-5H3/b20-18-/t24?,26-,27?,28?,29+/m1/s1. The number of rotatable bonds is 18. The van der Waals surface area contributed by atoms with Crippen molar-refractivity contribution in [3.8, 4) is 0 Å². The predicted octanol–water partition coefficient (Wildman–Crippen LogP) is 7.96. The number of unbranched alkanes of at least 4 members (excludes halogenated alkanes) is 5. The van der Waals surface area contributed by atoms with Crippen LogP contribution < -0.4 is 0 Å². The quantitative estimate of drug-likeness (QED) is 0.0853. The Morgan fingerprint density at radius 3 is 2.34 bits per heavy atom. The van der Waals surface area contributed by atoms with Gasteiger partial charge in [-0.15, -0.1) is 6.58 Å². The Hall–Kier alpha value is -1.97. The first-order valence-corrected chi connectivity index (χ1v) is 13.9. The second-order valence-corrected chi connectivity index (χ2v) is 10.6. The summed E-state index contributed by atoms with van der Waals surface area (Å²) in [6.45, 7) is 13.6. The van der Waals surface area contributed by atoms with Gasteiger partial charge in [-0.1, -0.05) is 83.9 Å². The molecule has 0 radical (unpaired) electrons. The molecule has 198 valence electrons. The summed E-state index contributed by atoms with van der Waals surface area (Å²) >= 11 is 0. The molecular weight excluding hydrogens is 436 g/mol. The van der Waals surface area contributed by atoms with Crippen LogP contribution >= 0.6 is 0 Å². The maximum absolute atomic E-state index is 12.8. The van der Waals surface area contributed by atoms with Crippen LogP contribution in [0.3, 0.4) is 0 Å². The zero-order chi connectivity index (χ0) is 26.1. The van der Waals surface area contributed by atoms with Crippen molar-refractivity contribution in [2.45, 2.75) is 117 Å². The normalized spacial score (nSPS) is 22.8. The monoisotopic (exact) mass is 486 g/mol. The molecule has 35 heavy (non-hydrogen) atoms. The van der Waals surface area contributed by atoms with Crippen LogP contribution in [0.15, 0.2) is 37.5 Å². The topological polar surface area (TPSA) is 60.4 Å². The third-order valence-corrected chi connectivity index (χ3v) is 7.28. The average molecular weight is 487 g/mol. The number of carbonyl (C=O) groups is 3. The van der Waals surface area contributed by atoms with Gasteiger partial charge in [-0.25, -0.2) is 0 Å². The van der Waals surface area contributed by atoms with Crippen molar-refractivity contribution >= 4 is 17.5 Å². The molecule has 0 bridgehead atoms. The molecule has 1 aliphatic rings. The molecule has 0 heterocycles. The third kappa shape index (κ3) is 14.2. The fourth-order valence-electron chi connectivity index (χ4n) is 5.02. The van der Waals surface area contributed by atoms with Crippen LogP contribution in [0.1, 0.15) is 111 Å². The van der Waals surface area contributed by atoms with E-state index < -0.39 is 6.10 Å². The number of Topliss-reactive ketones (excluding diaryl/α,β-unsaturated/α-hetero) is 1. The number of esters is 1. The Kier molecular flexibility index (Phi) is 16.3. The summed E-state index contributed by atoms with van der Waals surface area (Å²) in [6.07, 6.45) is 20.3. The minimum atomic E-state index is -0.441. The van der Waals surface area contributed by atoms with Crippen LogP contribution in [0.2, 0.25) is 0 Å². The molecule has 0 fully saturated rings. The smallest absolute Gasteiger partial charge is 0.306 e. The summed E-state index contributed by atoms with van der Waals surface area (Å²) in [7, 11) is 0. The van der Waals surface area contributed by atoms with Gasteiger partial charge in [0.1, 0.15) is 11.9 Å². The summed E-state index contributed by atoms with van der Waals surface area (Å²) in [6, 6.07) is 0. The van der Waals surface area contributed by atoms with Crippen LogP contribution in [0.4, 0.5) is 0 Å². The fraction of sp³-hybridized carbons (Fsp3) is 0.710. The van der Waals surface area contributed by atoms with Gasteiger partial charge in [0.2, 0.25) is 0 Å². The predicted molar refractivity (Wildman–Crippen MR) is 145 cm³/mol. The van der Waals surface area contributed by atoms with E-state index in [1.165, 1.54) is 51.0 Å². The molecule has 0 aliphatic heterocycles. The fourth-order valence-corrected chi connectivity index (χ4v) is 5.02. The SMILES string of the molecule is C=CC(=O)C1CC[C@@H](C=C)/C=C\[C@H](OC(=O)CC(CCC(C)CCCCCCCC)CC(C)=O)C1. The number of carbonyl (C=O) groups excluding carboxylic acids is 3. The maximum atomic E-state index is 12.8. The van der Waals surface area contributed by atoms with E-state index in [2.05, 4.69) is 27.0 Å². The lowest BCUT2D eigenvalue weighted by molar-refractivity contribution is -0.149. The molecule has 3 unspecified atom stereocenters. The van der Waals surface area contributed by atoms with Gasteiger partial charge in [-0.05, 0) is 62.5 Å². The first-order chi connectivity index (χ1) is 16.8. The lowest BCUT2D eigenvalue weighted by Crippen LogP contribution is -2.26. The molecule has 0 saturated heterocycles. The molecular formula is C31H50O4. The largest absolute Gasteiger partial charge is 0.458 e. The molecule has 0 amide bonds. The number of hydrogen-bond donors (Lipinski definition) is 0. The van der Waals surface area contributed by atoms with E-state index in [0.29, 0.717) is 18.8 Å². The lowest BCUT2D eigenvalue weighted by Gasteiger charge is -2.25. The van der Waals surface area contributed by atoms with E-state index in [4.69, 9.17) is 4.74 Å². The van der Waals surface area contributed by atoms with Gasteiger partial charge in [0.05, 0.1) is 0 Å². The molecule has 1 rings (SSSR count). The number of ether oxygens (including phenoxy) is 1. The molecule has 4 heteroatoms. The zero-order valence-corrected chi connectivity index (χ0v) is 22.6. The zero-order valence-electron chi connectivity index (χ0n) is 22.6. The number of ketones is 2. The Morgan fingerprint density at radius 1 is 0.971 bits per heavy atom. The van der Waals surface area contributed by atoms with Crippen molar-refractivity contribution in [3.05, 3.63) is 37.5 Å². The molecule has 0 aromatic heterocycles. The van der Waals surface area contributed by atoms with Crippen molar-refractivity contribution in [1.82, 2.24) is 0 Å². The molecule has 0 N–H and O–H groups in total. The maximum Gasteiger partial charge on any atom is 0.306 e. The highest BCUT2D eigenvalue weighted by Crippen LogP contribution is 2.27. The molecule has 4 nitrogen and oxygen atoms in total. The van der Waals surface area contributed by atoms with Crippen LogP contribution in [0.5, 0.6) is 0 Å². The van der Waals surface area contributed by atoms with Crippen LogP contribution in [-0.2, 0) is 19.1 Å². The Balaban J connectivity index is 2.60. The highest BCUT2D eigenvalue weighted by atomic mass is 16.5. The minimum absolute atomic E-state index is 0.00188. The van der Waals surface area contributed by atoms with Crippen LogP contribution in [-0.4, -0.2) is 23.6 Å². The highest BCUT2D eigenvalue weighted by molar-refractivity contribution is 5.91. The summed E-state index contributed by atoms with van der Waals surface area (Å²) in [4.78, 5) is 37.0. The van der Waals surface area contributed by atoms with E-state index in [9.17, 15) is 14.4 Å². The second-order valence-electron chi connectivity index (χ2n) is 10.6. The van der Waals surface area contributed by atoms with Crippen molar-refractivity contribution in [2.24, 2.45) is 23.7 Å². The summed E-state index contributed by atoms with van der Waals surface area (Å²) in [5, 5.41) is 0. The summed E-state index contributed by atoms with van der Waals surface area (Å²) < 4.78 is 5.82. The van der Waals surface area contributed by atoms with Gasteiger partial charge in [0.15, 0.2) is 5.78 Å². The van der Waals surface area contributed by atoms with Crippen LogP contribution in [0, 0.1) is 23.7 Å². The molecule has 0 saturated carbocycles. The number of allylic oxidation sites excluding steroid dienone is 3. The molecule has 5 atom stereocenters. The van der Waals surface area contributed by atoms with Crippen molar-refractivity contribution in [3.63, 3.8) is 0 Å². The Labute approximate surface area is 214 Å². The highest BCUT2D eigenvalue weighted by Gasteiger charge is 2.26. The van der Waals surface area contributed by atoms with Crippen molar-refractivity contribution < 1.29 is 19.1 Å². The Morgan fingerprint density at radius 2 is 1.69 bits per heavy atom. The molecule has 0 aromatic carbocycles. The van der Waals surface area contributed by atoms with E-state index in [0.717, 1.165) is 25.7 Å². The lowest BCUT2D eigenvalue weighted by atomic mass is 9.85. The van der Waals surface area contributed by atoms with Gasteiger partial charge in [0.25, 0.3) is 0 Å². The second kappa shape index (κ2) is 18.3. The Bertz CT molecular complexity index is 692. The van der Waals surface area contributed by atoms with E-state index in [1.807, 2.05) is 18.2 Å². The number of hydrogen-bond acceptors (Lipinski definition) is 4. The average Bonchev–Trinajstić information content (AvgIpc) is 2.80. The van der Waals surface area contributed by atoms with Gasteiger partial charge < -0.3 is 9.53 Å². The van der Waals surface area contributed by atoms with Gasteiger partial charge in [-0.2, -0.15) is 0 Å². The van der Waals surface area contributed by atoms with E-state index in [-0.39, 0.29) is 41.7 Å². The molecule has 0 aromatic rings. The van der Waals surface area contributed by atoms with Crippen molar-refractivity contribution in [2.75, 3.05) is 0 Å². The molecule has 1 aliphatic carbocycles. The third-order valence-electron chi connectivity index (χ3n) is 7.28. The summed E-state index contributed by atoms with van der Waals surface area (Å²) in [5.41, 5.74) is 0. The van der Waals surface area contributed by atoms with Crippen LogP contribution in [0.25, 0.3) is 0 Å². The van der Waals surface area contributed by atoms with Gasteiger partial charge in [0, 0.05) is 18.8 Å². The minimum Gasteiger partial charge on any atom is -0.458 e. The first kappa shape index (κ1) is 31.1. The van der Waals surface area contributed by atoms with Gasteiger partial charge in [-0.3, -0.25) is 9.59 Å². The van der Waals surface area contributed by atoms with Crippen molar-refractivity contribution in [1.29, 1.82) is 0 Å². The first-order valence-electron chi connectivity index (χ1n) is 13.9.